The minimum Gasteiger partial charge on any atom is -0.369 e. The smallest absolute Gasteiger partial charge is 0.369 e. The molecular weight excluding hydrogens is 257 g/mol. The lowest BCUT2D eigenvalue weighted by Gasteiger charge is -2.11. The zero-order valence-electron chi connectivity index (χ0n) is 10.1. The van der Waals surface area contributed by atoms with E-state index in [1.807, 2.05) is 6.92 Å². The molecule has 0 aliphatic rings. The molecular formula is C12H11F3N4. The second-order valence-corrected chi connectivity index (χ2v) is 3.75. The van der Waals surface area contributed by atoms with Gasteiger partial charge in [-0.25, -0.2) is 0 Å². The molecule has 0 saturated heterocycles. The summed E-state index contributed by atoms with van der Waals surface area (Å²) in [5.74, 6) is 0.517. The van der Waals surface area contributed by atoms with Gasteiger partial charge in [0.05, 0.1) is 11.3 Å². The van der Waals surface area contributed by atoms with E-state index in [-0.39, 0.29) is 11.3 Å². The first-order chi connectivity index (χ1) is 9.02. The van der Waals surface area contributed by atoms with Crippen LogP contribution in [-0.2, 0) is 6.18 Å². The Balaban J connectivity index is 2.42. The van der Waals surface area contributed by atoms with Gasteiger partial charge in [0.2, 0.25) is 0 Å². The van der Waals surface area contributed by atoms with Crippen LogP contribution in [-0.4, -0.2) is 21.7 Å². The summed E-state index contributed by atoms with van der Waals surface area (Å²) in [4.78, 5) is 3.71. The Hall–Kier alpha value is -2.18. The minimum absolute atomic E-state index is 0.0782. The first-order valence-corrected chi connectivity index (χ1v) is 5.61. The second-order valence-electron chi connectivity index (χ2n) is 3.75. The molecule has 0 amide bonds. The quantitative estimate of drug-likeness (QED) is 0.929. The molecule has 4 nitrogen and oxygen atoms in total. The van der Waals surface area contributed by atoms with Gasteiger partial charge < -0.3 is 5.32 Å². The van der Waals surface area contributed by atoms with E-state index in [9.17, 15) is 13.2 Å². The highest BCUT2D eigenvalue weighted by atomic mass is 19.4. The van der Waals surface area contributed by atoms with Crippen molar-refractivity contribution in [2.75, 3.05) is 11.9 Å². The van der Waals surface area contributed by atoms with E-state index in [1.54, 1.807) is 6.07 Å². The Kier molecular flexibility index (Phi) is 3.64. The predicted molar refractivity (Wildman–Crippen MR) is 64.4 cm³/mol. The summed E-state index contributed by atoms with van der Waals surface area (Å²) in [6.45, 7) is 2.55. The zero-order chi connectivity index (χ0) is 13.9. The molecule has 0 fully saturated rings. The fourth-order valence-electron chi connectivity index (χ4n) is 1.60. The third-order valence-electron chi connectivity index (χ3n) is 2.42. The average molecular weight is 268 g/mol. The van der Waals surface area contributed by atoms with E-state index in [2.05, 4.69) is 20.5 Å². The fraction of sp³-hybridized carbons (Fsp3) is 0.250. The number of aromatic nitrogens is 3. The number of hydrogen-bond donors (Lipinski definition) is 1. The minimum atomic E-state index is -4.44. The van der Waals surface area contributed by atoms with Crippen LogP contribution in [0, 0.1) is 0 Å². The Bertz CT molecular complexity index is 552. The number of nitrogens with one attached hydrogen (secondary N) is 1. The molecule has 0 aliphatic carbocycles. The van der Waals surface area contributed by atoms with E-state index in [0.717, 1.165) is 18.5 Å². The highest BCUT2D eigenvalue weighted by Crippen LogP contribution is 2.35. The summed E-state index contributed by atoms with van der Waals surface area (Å²) in [7, 11) is 0. The third-order valence-corrected chi connectivity index (χ3v) is 2.42. The number of rotatable bonds is 3. The maximum atomic E-state index is 12.8. The molecule has 2 heterocycles. The second kappa shape index (κ2) is 5.21. The van der Waals surface area contributed by atoms with E-state index in [0.29, 0.717) is 12.4 Å². The molecule has 0 radical (unpaired) electrons. The Morgan fingerprint density at radius 1 is 1.16 bits per heavy atom. The number of halogens is 3. The van der Waals surface area contributed by atoms with Crippen molar-refractivity contribution >= 4 is 5.82 Å². The number of pyridine rings is 1. The van der Waals surface area contributed by atoms with Crippen molar-refractivity contribution in [2.24, 2.45) is 0 Å². The van der Waals surface area contributed by atoms with Crippen molar-refractivity contribution in [3.05, 3.63) is 36.2 Å². The van der Waals surface area contributed by atoms with E-state index < -0.39 is 11.7 Å². The average Bonchev–Trinajstić information content (AvgIpc) is 2.39. The Morgan fingerprint density at radius 2 is 1.95 bits per heavy atom. The predicted octanol–water partition coefficient (Wildman–Crippen LogP) is 2.99. The maximum absolute atomic E-state index is 12.8. The van der Waals surface area contributed by atoms with Crippen molar-refractivity contribution in [1.82, 2.24) is 15.2 Å². The molecule has 100 valence electrons. The summed E-state index contributed by atoms with van der Waals surface area (Å²) < 4.78 is 38.5. The monoisotopic (exact) mass is 268 g/mol. The highest BCUT2D eigenvalue weighted by molar-refractivity contribution is 5.63. The van der Waals surface area contributed by atoms with Gasteiger partial charge in [-0.3, -0.25) is 4.98 Å². The lowest BCUT2D eigenvalue weighted by molar-refractivity contribution is -0.137. The van der Waals surface area contributed by atoms with Crippen molar-refractivity contribution in [3.8, 4) is 11.3 Å². The molecule has 0 aromatic carbocycles. The van der Waals surface area contributed by atoms with Gasteiger partial charge >= 0.3 is 6.18 Å². The molecule has 2 aromatic heterocycles. The van der Waals surface area contributed by atoms with Crippen molar-refractivity contribution in [2.45, 2.75) is 13.1 Å². The van der Waals surface area contributed by atoms with Gasteiger partial charge in [-0.15, -0.1) is 10.2 Å². The van der Waals surface area contributed by atoms with Gasteiger partial charge in [0, 0.05) is 24.5 Å². The molecule has 1 N–H and O–H groups in total. The van der Waals surface area contributed by atoms with Crippen molar-refractivity contribution < 1.29 is 13.2 Å². The standard InChI is InChI=1S/C12H11F3N4/c1-2-17-11-4-3-10(18-19-11)8-7-16-6-5-9(8)12(13,14)15/h3-7H,2H2,1H3,(H,17,19). The van der Waals surface area contributed by atoms with Crippen LogP contribution in [0.25, 0.3) is 11.3 Å². The van der Waals surface area contributed by atoms with Crippen LogP contribution in [0.2, 0.25) is 0 Å². The Labute approximate surface area is 107 Å². The lowest BCUT2D eigenvalue weighted by Crippen LogP contribution is -2.08. The zero-order valence-corrected chi connectivity index (χ0v) is 10.1. The summed E-state index contributed by atoms with van der Waals surface area (Å²) in [5, 5.41) is 10.5. The number of hydrogen-bond acceptors (Lipinski definition) is 4. The molecule has 0 unspecified atom stereocenters. The lowest BCUT2D eigenvalue weighted by atomic mass is 10.1. The molecule has 19 heavy (non-hydrogen) atoms. The number of nitrogens with zero attached hydrogens (tertiary/aromatic N) is 3. The van der Waals surface area contributed by atoms with Crippen LogP contribution in [0.1, 0.15) is 12.5 Å². The molecule has 0 aliphatic heterocycles. The van der Waals surface area contributed by atoms with Gasteiger partial charge in [-0.1, -0.05) is 0 Å². The van der Waals surface area contributed by atoms with Crippen LogP contribution >= 0.6 is 0 Å². The molecule has 2 aromatic rings. The Morgan fingerprint density at radius 3 is 2.53 bits per heavy atom. The van der Waals surface area contributed by atoms with E-state index >= 15 is 0 Å². The molecule has 0 bridgehead atoms. The van der Waals surface area contributed by atoms with E-state index in [1.165, 1.54) is 6.07 Å². The number of alkyl halides is 3. The summed E-state index contributed by atoms with van der Waals surface area (Å²) in [6, 6.07) is 3.99. The first kappa shape index (κ1) is 13.3. The van der Waals surface area contributed by atoms with Crippen LogP contribution < -0.4 is 5.32 Å². The van der Waals surface area contributed by atoms with Gasteiger partial charge in [-0.05, 0) is 25.1 Å². The van der Waals surface area contributed by atoms with Crippen LogP contribution in [0.4, 0.5) is 19.0 Å². The van der Waals surface area contributed by atoms with Gasteiger partial charge in [0.25, 0.3) is 0 Å². The molecule has 0 saturated carbocycles. The van der Waals surface area contributed by atoms with Crippen LogP contribution in [0.3, 0.4) is 0 Å². The largest absolute Gasteiger partial charge is 0.417 e. The summed E-state index contributed by atoms with van der Waals surface area (Å²) >= 11 is 0. The maximum Gasteiger partial charge on any atom is 0.417 e. The normalized spacial score (nSPS) is 11.4. The molecule has 7 heteroatoms. The highest BCUT2D eigenvalue weighted by Gasteiger charge is 2.34. The van der Waals surface area contributed by atoms with Crippen molar-refractivity contribution in [3.63, 3.8) is 0 Å². The number of anilines is 1. The molecule has 0 atom stereocenters. The first-order valence-electron chi connectivity index (χ1n) is 5.61. The van der Waals surface area contributed by atoms with Gasteiger partial charge in [-0.2, -0.15) is 13.2 Å². The molecule has 0 spiro atoms. The topological polar surface area (TPSA) is 50.7 Å². The van der Waals surface area contributed by atoms with Crippen LogP contribution in [0.15, 0.2) is 30.6 Å². The van der Waals surface area contributed by atoms with Crippen molar-refractivity contribution in [1.29, 1.82) is 0 Å². The SMILES string of the molecule is CCNc1ccc(-c2cnccc2C(F)(F)F)nn1. The summed E-state index contributed by atoms with van der Waals surface area (Å²) in [6.07, 6.45) is -2.20. The van der Waals surface area contributed by atoms with Gasteiger partial charge in [0.15, 0.2) is 0 Å². The van der Waals surface area contributed by atoms with Crippen LogP contribution in [0.5, 0.6) is 0 Å². The molecule has 2 rings (SSSR count). The van der Waals surface area contributed by atoms with Gasteiger partial charge in [0.1, 0.15) is 5.82 Å². The fourth-order valence-corrected chi connectivity index (χ4v) is 1.60. The third kappa shape index (κ3) is 2.98. The summed E-state index contributed by atoms with van der Waals surface area (Å²) in [5.41, 5.74) is -0.708. The van der Waals surface area contributed by atoms with E-state index in [4.69, 9.17) is 0 Å².